The molecule has 0 saturated heterocycles. The van der Waals surface area contributed by atoms with Crippen LogP contribution >= 0.6 is 0 Å². The van der Waals surface area contributed by atoms with Gasteiger partial charge in [-0.05, 0) is 11.1 Å². The van der Waals surface area contributed by atoms with Crippen LogP contribution in [0.3, 0.4) is 0 Å². The van der Waals surface area contributed by atoms with E-state index < -0.39 is 43.8 Å². The van der Waals surface area contributed by atoms with Gasteiger partial charge in [0.1, 0.15) is 15.0 Å². The fourth-order valence-electron chi connectivity index (χ4n) is 1.87. The lowest BCUT2D eigenvalue weighted by Gasteiger charge is -2.14. The summed E-state index contributed by atoms with van der Waals surface area (Å²) in [5, 5.41) is 0. The van der Waals surface area contributed by atoms with Gasteiger partial charge in [-0.2, -0.15) is 0 Å². The number of halogens is 4. The summed E-state index contributed by atoms with van der Waals surface area (Å²) in [5.74, 6) is -8.42. The molecule has 2 aromatic carbocycles. The quantitative estimate of drug-likeness (QED) is 0.492. The zero-order chi connectivity index (χ0) is 16.7. The van der Waals surface area contributed by atoms with Gasteiger partial charge in [0.25, 0.3) is 0 Å². The highest BCUT2D eigenvalue weighted by Gasteiger charge is 2.29. The molecule has 8 heteroatoms. The molecule has 0 aliphatic carbocycles. The van der Waals surface area contributed by atoms with Crippen LogP contribution in [-0.4, -0.2) is 13.0 Å². The molecule has 0 aliphatic rings. The standard InChI is InChI=1S/C14H8F4O3S/c1-2-7-3-5-8(6-4-7)9-10(15)12(17)14(22(19,20)21)13(18)11(9)16/h2-6H,1H2,(H,19,20,21)/p-1. The van der Waals surface area contributed by atoms with Gasteiger partial charge in [-0.25, -0.2) is 26.0 Å². The van der Waals surface area contributed by atoms with Crippen molar-refractivity contribution >= 4 is 16.2 Å². The predicted molar refractivity (Wildman–Crippen MR) is 69.8 cm³/mol. The molecule has 116 valence electrons. The molecule has 0 atom stereocenters. The van der Waals surface area contributed by atoms with Crippen LogP contribution in [0.15, 0.2) is 35.7 Å². The predicted octanol–water partition coefficient (Wildman–Crippen LogP) is 3.46. The lowest BCUT2D eigenvalue weighted by molar-refractivity contribution is 0.401. The SMILES string of the molecule is C=Cc1ccc(-c2c(F)c(F)c(S(=O)(=O)[O-])c(F)c2F)cc1. The van der Waals surface area contributed by atoms with Crippen molar-refractivity contribution < 1.29 is 30.5 Å². The van der Waals surface area contributed by atoms with Gasteiger partial charge in [0.2, 0.25) is 0 Å². The Morgan fingerprint density at radius 1 is 0.909 bits per heavy atom. The summed E-state index contributed by atoms with van der Waals surface area (Å²) in [7, 11) is -5.71. The van der Waals surface area contributed by atoms with E-state index in [9.17, 15) is 30.5 Å². The first-order valence-electron chi connectivity index (χ1n) is 5.73. The second-order valence-electron chi connectivity index (χ2n) is 4.24. The second kappa shape index (κ2) is 5.54. The monoisotopic (exact) mass is 331 g/mol. The van der Waals surface area contributed by atoms with Gasteiger partial charge >= 0.3 is 0 Å². The summed E-state index contributed by atoms with van der Waals surface area (Å²) < 4.78 is 87.3. The minimum Gasteiger partial charge on any atom is -0.744 e. The highest BCUT2D eigenvalue weighted by molar-refractivity contribution is 7.85. The van der Waals surface area contributed by atoms with E-state index in [1.807, 2.05) is 0 Å². The van der Waals surface area contributed by atoms with Crippen LogP contribution in [0.4, 0.5) is 17.6 Å². The minimum absolute atomic E-state index is 0.228. The third-order valence-corrected chi connectivity index (χ3v) is 3.77. The van der Waals surface area contributed by atoms with E-state index in [4.69, 9.17) is 0 Å². The molecule has 0 unspecified atom stereocenters. The third kappa shape index (κ3) is 2.62. The Bertz CT molecular complexity index is 830. The molecule has 0 fully saturated rings. The van der Waals surface area contributed by atoms with Crippen molar-refractivity contribution in [2.75, 3.05) is 0 Å². The zero-order valence-corrected chi connectivity index (χ0v) is 11.6. The van der Waals surface area contributed by atoms with E-state index in [0.29, 0.717) is 5.56 Å². The number of rotatable bonds is 3. The Balaban J connectivity index is 2.81. The molecule has 2 rings (SSSR count). The van der Waals surface area contributed by atoms with Crippen LogP contribution in [0.1, 0.15) is 5.56 Å². The van der Waals surface area contributed by atoms with E-state index in [2.05, 4.69) is 6.58 Å². The highest BCUT2D eigenvalue weighted by atomic mass is 32.2. The van der Waals surface area contributed by atoms with Gasteiger partial charge in [0, 0.05) is 0 Å². The number of hydrogen-bond acceptors (Lipinski definition) is 3. The zero-order valence-electron chi connectivity index (χ0n) is 10.7. The summed E-state index contributed by atoms with van der Waals surface area (Å²) in [5.41, 5.74) is -0.740. The van der Waals surface area contributed by atoms with Crippen LogP contribution < -0.4 is 0 Å². The minimum atomic E-state index is -5.71. The molecule has 0 bridgehead atoms. The van der Waals surface area contributed by atoms with E-state index in [0.717, 1.165) is 0 Å². The molecule has 3 nitrogen and oxygen atoms in total. The first kappa shape index (κ1) is 16.2. The van der Waals surface area contributed by atoms with E-state index >= 15 is 0 Å². The lowest BCUT2D eigenvalue weighted by atomic mass is 10.0. The second-order valence-corrected chi connectivity index (χ2v) is 5.56. The summed E-state index contributed by atoms with van der Waals surface area (Å²) in [4.78, 5) is -2.17. The lowest BCUT2D eigenvalue weighted by Crippen LogP contribution is -2.11. The molecule has 0 amide bonds. The molecule has 0 aliphatic heterocycles. The first-order chi connectivity index (χ1) is 10.2. The fraction of sp³-hybridized carbons (Fsp3) is 0. The van der Waals surface area contributed by atoms with Crippen LogP contribution in [0, 0.1) is 23.3 Å². The van der Waals surface area contributed by atoms with Gasteiger partial charge in [-0.15, -0.1) is 0 Å². The Morgan fingerprint density at radius 2 is 1.36 bits per heavy atom. The van der Waals surface area contributed by atoms with Crippen molar-refractivity contribution in [3.63, 3.8) is 0 Å². The van der Waals surface area contributed by atoms with Crippen molar-refractivity contribution in [1.29, 1.82) is 0 Å². The third-order valence-electron chi connectivity index (χ3n) is 2.91. The van der Waals surface area contributed by atoms with E-state index in [1.165, 1.54) is 30.3 Å². The van der Waals surface area contributed by atoms with Gasteiger partial charge < -0.3 is 4.55 Å². The highest BCUT2D eigenvalue weighted by Crippen LogP contribution is 2.34. The Labute approximate surface area is 123 Å². The van der Waals surface area contributed by atoms with Gasteiger partial charge in [-0.3, -0.25) is 0 Å². The maximum Gasteiger partial charge on any atom is 0.180 e. The van der Waals surface area contributed by atoms with Gasteiger partial charge in [-0.1, -0.05) is 36.9 Å². The van der Waals surface area contributed by atoms with E-state index in [-0.39, 0.29) is 5.56 Å². The first-order valence-corrected chi connectivity index (χ1v) is 7.14. The van der Waals surface area contributed by atoms with Gasteiger partial charge in [0.15, 0.2) is 23.3 Å². The topological polar surface area (TPSA) is 57.2 Å². The molecule has 0 spiro atoms. The largest absolute Gasteiger partial charge is 0.744 e. The molecule has 0 radical (unpaired) electrons. The summed E-state index contributed by atoms with van der Waals surface area (Å²) in [6, 6.07) is 5.11. The molecule has 0 heterocycles. The summed E-state index contributed by atoms with van der Waals surface area (Å²) in [6.07, 6.45) is 1.44. The molecule has 0 N–H and O–H groups in total. The normalized spacial score (nSPS) is 11.5. The summed E-state index contributed by atoms with van der Waals surface area (Å²) >= 11 is 0. The molecular weight excluding hydrogens is 324 g/mol. The average molecular weight is 331 g/mol. The average Bonchev–Trinajstić information content (AvgIpc) is 2.45. The van der Waals surface area contributed by atoms with Crippen molar-refractivity contribution in [1.82, 2.24) is 0 Å². The maximum absolute atomic E-state index is 13.9. The van der Waals surface area contributed by atoms with Crippen LogP contribution in [-0.2, 0) is 10.1 Å². The van der Waals surface area contributed by atoms with Crippen LogP contribution in [0.5, 0.6) is 0 Å². The van der Waals surface area contributed by atoms with Crippen molar-refractivity contribution in [2.24, 2.45) is 0 Å². The van der Waals surface area contributed by atoms with E-state index in [1.54, 1.807) is 0 Å². The van der Waals surface area contributed by atoms with Crippen molar-refractivity contribution in [3.8, 4) is 11.1 Å². The van der Waals surface area contributed by atoms with Crippen LogP contribution in [0.2, 0.25) is 0 Å². The molecule has 2 aromatic rings. The Morgan fingerprint density at radius 3 is 1.73 bits per heavy atom. The molecular formula is C14H7F4O3S-. The smallest absolute Gasteiger partial charge is 0.180 e. The van der Waals surface area contributed by atoms with Crippen molar-refractivity contribution in [2.45, 2.75) is 4.90 Å². The van der Waals surface area contributed by atoms with Gasteiger partial charge in [0.05, 0.1) is 5.56 Å². The fourth-order valence-corrected chi connectivity index (χ4v) is 2.49. The van der Waals surface area contributed by atoms with Crippen LogP contribution in [0.25, 0.3) is 17.2 Å². The molecule has 0 aromatic heterocycles. The molecule has 0 saturated carbocycles. The Kier molecular flexibility index (Phi) is 4.08. The summed E-state index contributed by atoms with van der Waals surface area (Å²) in [6.45, 7) is 3.47. The Hall–Kier alpha value is -2.19. The molecule has 22 heavy (non-hydrogen) atoms. The number of hydrogen-bond donors (Lipinski definition) is 0. The maximum atomic E-state index is 13.9. The number of benzene rings is 2. The van der Waals surface area contributed by atoms with Crippen molar-refractivity contribution in [3.05, 3.63) is 59.7 Å².